The predicted molar refractivity (Wildman–Crippen MR) is 74.0 cm³/mol. The molecule has 0 aliphatic heterocycles. The van der Waals surface area contributed by atoms with E-state index in [-0.39, 0.29) is 6.42 Å². The molecule has 0 saturated carbocycles. The maximum absolute atomic E-state index is 12.2. The van der Waals surface area contributed by atoms with E-state index in [9.17, 15) is 19.0 Å². The molecule has 112 valence electrons. The van der Waals surface area contributed by atoms with Crippen molar-refractivity contribution in [2.45, 2.75) is 31.5 Å². The van der Waals surface area contributed by atoms with E-state index in [4.69, 9.17) is 10.2 Å². The maximum atomic E-state index is 12.2. The highest BCUT2D eigenvalue weighted by Gasteiger charge is 2.34. The number of carboxylic acid groups (broad SMARTS) is 2. The molecule has 7 nitrogen and oxygen atoms in total. The monoisotopic (exact) mass is 321 g/mol. The Kier molecular flexibility index (Phi) is 5.88. The van der Waals surface area contributed by atoms with Gasteiger partial charge in [-0.2, -0.15) is 11.3 Å². The van der Waals surface area contributed by atoms with Crippen LogP contribution in [-0.4, -0.2) is 33.1 Å². The molecule has 0 saturated heterocycles. The van der Waals surface area contributed by atoms with Crippen LogP contribution in [0.15, 0.2) is 16.8 Å². The topological polar surface area (TPSA) is 124 Å². The van der Waals surface area contributed by atoms with Crippen molar-refractivity contribution in [3.8, 4) is 0 Å². The number of nitrogens with one attached hydrogen (secondary N) is 1. The molecule has 3 unspecified atom stereocenters. The molecule has 1 aromatic rings. The van der Waals surface area contributed by atoms with E-state index in [1.165, 1.54) is 18.3 Å². The minimum Gasteiger partial charge on any atom is -0.481 e. The van der Waals surface area contributed by atoms with Gasteiger partial charge in [0, 0.05) is 6.42 Å². The van der Waals surface area contributed by atoms with Gasteiger partial charge in [0.2, 0.25) is 0 Å². The third kappa shape index (κ3) is 4.72. The van der Waals surface area contributed by atoms with Crippen molar-refractivity contribution in [3.63, 3.8) is 0 Å². The zero-order valence-corrected chi connectivity index (χ0v) is 12.4. The van der Waals surface area contributed by atoms with Crippen molar-refractivity contribution in [1.29, 1.82) is 0 Å². The molecule has 20 heavy (non-hydrogen) atoms. The minimum atomic E-state index is -3.96. The van der Waals surface area contributed by atoms with E-state index < -0.39 is 37.6 Å². The van der Waals surface area contributed by atoms with Crippen LogP contribution in [0.5, 0.6) is 0 Å². The maximum Gasteiger partial charge on any atom is 0.321 e. The number of hydrogen-bond acceptors (Lipinski definition) is 4. The van der Waals surface area contributed by atoms with Crippen LogP contribution in [0.4, 0.5) is 0 Å². The van der Waals surface area contributed by atoms with Crippen LogP contribution < -0.4 is 5.09 Å². The lowest BCUT2D eigenvalue weighted by atomic mass is 10.2. The molecule has 0 aliphatic rings. The third-order valence-corrected chi connectivity index (χ3v) is 5.57. The molecule has 0 aromatic carbocycles. The highest BCUT2D eigenvalue weighted by Crippen LogP contribution is 2.52. The summed E-state index contributed by atoms with van der Waals surface area (Å²) in [7, 11) is -3.96. The second-order valence-electron chi connectivity index (χ2n) is 4.31. The Morgan fingerprint density at radius 2 is 2.10 bits per heavy atom. The van der Waals surface area contributed by atoms with Gasteiger partial charge in [-0.1, -0.05) is 0 Å². The largest absolute Gasteiger partial charge is 0.481 e. The molecule has 0 radical (unpaired) electrons. The summed E-state index contributed by atoms with van der Waals surface area (Å²) in [5.41, 5.74) is -0.129. The van der Waals surface area contributed by atoms with E-state index >= 15 is 0 Å². The van der Waals surface area contributed by atoms with E-state index in [2.05, 4.69) is 5.09 Å². The highest BCUT2D eigenvalue weighted by molar-refractivity contribution is 7.56. The SMILES string of the molecule is CC(c1ccsc1)P(=O)(O)NC(CCC(=O)O)C(=O)O. The summed E-state index contributed by atoms with van der Waals surface area (Å²) in [6.45, 7) is 1.52. The fourth-order valence-electron chi connectivity index (χ4n) is 1.56. The fourth-order valence-corrected chi connectivity index (χ4v) is 3.89. The number of rotatable bonds is 8. The minimum absolute atomic E-state index is 0.258. The second-order valence-corrected chi connectivity index (χ2v) is 7.37. The first kappa shape index (κ1) is 16.8. The van der Waals surface area contributed by atoms with E-state index in [0.29, 0.717) is 5.56 Å². The van der Waals surface area contributed by atoms with Gasteiger partial charge in [0.1, 0.15) is 6.04 Å². The van der Waals surface area contributed by atoms with Crippen LogP contribution in [0.25, 0.3) is 0 Å². The number of carbonyl (C=O) groups is 2. The number of carboxylic acids is 2. The molecule has 9 heteroatoms. The Morgan fingerprint density at radius 3 is 2.55 bits per heavy atom. The summed E-state index contributed by atoms with van der Waals surface area (Å²) in [5.74, 6) is -2.50. The van der Waals surface area contributed by atoms with Crippen molar-refractivity contribution in [3.05, 3.63) is 22.4 Å². The molecule has 1 aromatic heterocycles. The Balaban J connectivity index is 2.77. The number of hydrogen-bond donors (Lipinski definition) is 4. The first-order valence-electron chi connectivity index (χ1n) is 5.81. The first-order chi connectivity index (χ1) is 9.24. The molecule has 0 fully saturated rings. The Hall–Kier alpha value is -1.21. The molecular formula is C11H16NO6PS. The van der Waals surface area contributed by atoms with E-state index in [0.717, 1.165) is 0 Å². The molecule has 0 spiro atoms. The molecule has 1 heterocycles. The van der Waals surface area contributed by atoms with E-state index in [1.54, 1.807) is 16.8 Å². The summed E-state index contributed by atoms with van der Waals surface area (Å²) < 4.78 is 12.2. The summed E-state index contributed by atoms with van der Waals surface area (Å²) in [6, 6.07) is 0.315. The lowest BCUT2D eigenvalue weighted by Gasteiger charge is -2.23. The molecular weight excluding hydrogens is 305 g/mol. The molecule has 0 amide bonds. The summed E-state index contributed by atoms with van der Waals surface area (Å²) in [4.78, 5) is 31.5. The van der Waals surface area contributed by atoms with E-state index in [1.807, 2.05) is 0 Å². The Labute approximate surface area is 119 Å². The molecule has 0 bridgehead atoms. The molecule has 0 aliphatic carbocycles. The summed E-state index contributed by atoms with van der Waals surface area (Å²) >= 11 is 1.37. The van der Waals surface area contributed by atoms with Gasteiger partial charge in [0.25, 0.3) is 7.52 Å². The normalized spacial score (nSPS) is 17.1. The van der Waals surface area contributed by atoms with Crippen molar-refractivity contribution in [2.24, 2.45) is 0 Å². The number of thiophene rings is 1. The zero-order chi connectivity index (χ0) is 15.3. The number of aliphatic carboxylic acids is 2. The van der Waals surface area contributed by atoms with Gasteiger partial charge in [-0.05, 0) is 35.7 Å². The van der Waals surface area contributed by atoms with Gasteiger partial charge < -0.3 is 15.1 Å². The highest BCUT2D eigenvalue weighted by atomic mass is 32.1. The molecule has 3 atom stereocenters. The third-order valence-electron chi connectivity index (χ3n) is 2.84. The molecule has 1 rings (SSSR count). The van der Waals surface area contributed by atoms with Gasteiger partial charge in [0.05, 0.1) is 5.66 Å². The predicted octanol–water partition coefficient (Wildman–Crippen LogP) is 1.90. The quantitative estimate of drug-likeness (QED) is 0.539. The van der Waals surface area contributed by atoms with Gasteiger partial charge in [-0.3, -0.25) is 14.2 Å². The Morgan fingerprint density at radius 1 is 1.45 bits per heavy atom. The smallest absolute Gasteiger partial charge is 0.321 e. The lowest BCUT2D eigenvalue weighted by molar-refractivity contribution is -0.140. The van der Waals surface area contributed by atoms with Crippen molar-refractivity contribution in [2.75, 3.05) is 0 Å². The second kappa shape index (κ2) is 6.99. The Bertz CT molecular complexity index is 517. The van der Waals surface area contributed by atoms with Crippen LogP contribution in [0, 0.1) is 0 Å². The first-order valence-corrected chi connectivity index (χ1v) is 8.48. The van der Waals surface area contributed by atoms with Crippen LogP contribution in [0.1, 0.15) is 31.0 Å². The standard InChI is InChI=1S/C11H16NO6PS/c1-7(8-4-5-20-6-8)19(17,18)12-9(11(15)16)2-3-10(13)14/h4-7,9H,2-3H2,1H3,(H,13,14)(H,15,16)(H2,12,17,18). The zero-order valence-electron chi connectivity index (χ0n) is 10.7. The van der Waals surface area contributed by atoms with Crippen molar-refractivity contribution < 1.29 is 29.3 Å². The average Bonchev–Trinajstić information content (AvgIpc) is 2.86. The van der Waals surface area contributed by atoms with Crippen LogP contribution in [0.3, 0.4) is 0 Å². The summed E-state index contributed by atoms with van der Waals surface area (Å²) in [5, 5.41) is 23.2. The lowest BCUT2D eigenvalue weighted by Crippen LogP contribution is -2.35. The summed E-state index contributed by atoms with van der Waals surface area (Å²) in [6.07, 6.45) is -0.650. The van der Waals surface area contributed by atoms with Gasteiger partial charge in [-0.25, -0.2) is 5.09 Å². The van der Waals surface area contributed by atoms with Crippen LogP contribution in [-0.2, 0) is 14.2 Å². The average molecular weight is 321 g/mol. The van der Waals surface area contributed by atoms with Crippen molar-refractivity contribution in [1.82, 2.24) is 5.09 Å². The fraction of sp³-hybridized carbons (Fsp3) is 0.455. The van der Waals surface area contributed by atoms with Crippen molar-refractivity contribution >= 4 is 30.8 Å². The van der Waals surface area contributed by atoms with Gasteiger partial charge >= 0.3 is 11.9 Å². The van der Waals surface area contributed by atoms with Gasteiger partial charge in [0.15, 0.2) is 0 Å². The van der Waals surface area contributed by atoms with Gasteiger partial charge in [-0.15, -0.1) is 0 Å². The van der Waals surface area contributed by atoms with Crippen LogP contribution >= 0.6 is 18.9 Å². The molecule has 4 N–H and O–H groups in total. The van der Waals surface area contributed by atoms with Crippen LogP contribution in [0.2, 0.25) is 0 Å².